The average molecular weight is 258 g/mol. The molecule has 0 spiro atoms. The van der Waals surface area contributed by atoms with E-state index in [9.17, 15) is 8.78 Å². The van der Waals surface area contributed by atoms with Gasteiger partial charge in [0.15, 0.2) is 11.6 Å². The first-order valence-electron chi connectivity index (χ1n) is 5.79. The maximum atomic E-state index is 13.6. The van der Waals surface area contributed by atoms with Gasteiger partial charge in [0.05, 0.1) is 11.6 Å². The van der Waals surface area contributed by atoms with Crippen molar-refractivity contribution in [2.24, 2.45) is 0 Å². The third-order valence-electron chi connectivity index (χ3n) is 2.89. The summed E-state index contributed by atoms with van der Waals surface area (Å²) in [7, 11) is 0. The van der Waals surface area contributed by atoms with E-state index in [-0.39, 0.29) is 11.3 Å². The Morgan fingerprint density at radius 1 is 1.16 bits per heavy atom. The van der Waals surface area contributed by atoms with Crippen molar-refractivity contribution >= 4 is 5.69 Å². The number of anilines is 1. The number of aryl methyl sites for hydroxylation is 1. The molecule has 0 aromatic heterocycles. The van der Waals surface area contributed by atoms with Crippen LogP contribution in [0.25, 0.3) is 0 Å². The van der Waals surface area contributed by atoms with Crippen molar-refractivity contribution in [3.63, 3.8) is 0 Å². The molecular formula is C15H12F2N2. The van der Waals surface area contributed by atoms with Crippen LogP contribution >= 0.6 is 0 Å². The Kier molecular flexibility index (Phi) is 3.76. The Balaban J connectivity index is 2.21. The minimum Gasteiger partial charge on any atom is -0.376 e. The smallest absolute Gasteiger partial charge is 0.150 e. The lowest BCUT2D eigenvalue weighted by Gasteiger charge is -2.10. The van der Waals surface area contributed by atoms with Gasteiger partial charge in [-0.25, -0.2) is 8.78 Å². The second-order valence-electron chi connectivity index (χ2n) is 4.21. The molecule has 0 heterocycles. The standard InChI is InChI=1S/C15H12F2N2/c1-10-4-2-3-5-12(10)9-19-15-13(16)6-11(8-18)7-14(15)17/h2-7,19H,9H2,1H3. The third-order valence-corrected chi connectivity index (χ3v) is 2.89. The third kappa shape index (κ3) is 2.89. The summed E-state index contributed by atoms with van der Waals surface area (Å²) in [4.78, 5) is 0. The van der Waals surface area contributed by atoms with Crippen LogP contribution in [0, 0.1) is 29.9 Å². The Morgan fingerprint density at radius 3 is 2.37 bits per heavy atom. The summed E-state index contributed by atoms with van der Waals surface area (Å²) in [6, 6.07) is 11.3. The Hall–Kier alpha value is -2.41. The number of benzene rings is 2. The van der Waals surface area contributed by atoms with Crippen molar-refractivity contribution in [3.8, 4) is 6.07 Å². The summed E-state index contributed by atoms with van der Waals surface area (Å²) in [5, 5.41) is 11.3. The number of hydrogen-bond donors (Lipinski definition) is 1. The van der Waals surface area contributed by atoms with Crippen molar-refractivity contribution in [1.29, 1.82) is 5.26 Å². The van der Waals surface area contributed by atoms with E-state index in [2.05, 4.69) is 5.32 Å². The van der Waals surface area contributed by atoms with E-state index in [4.69, 9.17) is 5.26 Å². The van der Waals surface area contributed by atoms with Crippen LogP contribution in [-0.2, 0) is 6.54 Å². The molecule has 96 valence electrons. The normalized spacial score (nSPS) is 10.0. The molecule has 0 saturated carbocycles. The molecule has 2 aromatic rings. The van der Waals surface area contributed by atoms with Crippen molar-refractivity contribution in [1.82, 2.24) is 0 Å². The van der Waals surface area contributed by atoms with Gasteiger partial charge in [0.1, 0.15) is 5.69 Å². The van der Waals surface area contributed by atoms with Crippen molar-refractivity contribution in [3.05, 3.63) is 64.7 Å². The van der Waals surface area contributed by atoms with E-state index in [0.29, 0.717) is 6.54 Å². The highest BCUT2D eigenvalue weighted by molar-refractivity contribution is 5.50. The summed E-state index contributed by atoms with van der Waals surface area (Å²) in [6.07, 6.45) is 0. The maximum absolute atomic E-state index is 13.6. The van der Waals surface area contributed by atoms with E-state index in [1.165, 1.54) is 0 Å². The fourth-order valence-corrected chi connectivity index (χ4v) is 1.80. The molecule has 0 atom stereocenters. The molecule has 2 rings (SSSR count). The van der Waals surface area contributed by atoms with Gasteiger partial charge in [-0.1, -0.05) is 24.3 Å². The minimum absolute atomic E-state index is 0.0311. The van der Waals surface area contributed by atoms with E-state index >= 15 is 0 Å². The zero-order valence-corrected chi connectivity index (χ0v) is 10.4. The highest BCUT2D eigenvalue weighted by Gasteiger charge is 2.11. The fraction of sp³-hybridized carbons (Fsp3) is 0.133. The van der Waals surface area contributed by atoms with Crippen LogP contribution in [0.3, 0.4) is 0 Å². The summed E-state index contributed by atoms with van der Waals surface area (Å²) in [5.41, 5.74) is 1.77. The fourth-order valence-electron chi connectivity index (χ4n) is 1.80. The van der Waals surface area contributed by atoms with Gasteiger partial charge in [-0.05, 0) is 30.2 Å². The molecule has 0 aliphatic carbocycles. The van der Waals surface area contributed by atoms with Crippen LogP contribution in [0.2, 0.25) is 0 Å². The quantitative estimate of drug-likeness (QED) is 0.909. The number of nitrogens with one attached hydrogen (secondary N) is 1. The lowest BCUT2D eigenvalue weighted by atomic mass is 10.1. The van der Waals surface area contributed by atoms with Crippen molar-refractivity contribution < 1.29 is 8.78 Å². The summed E-state index contributed by atoms with van der Waals surface area (Å²) < 4.78 is 27.3. The van der Waals surface area contributed by atoms with Crippen molar-refractivity contribution in [2.45, 2.75) is 13.5 Å². The van der Waals surface area contributed by atoms with Crippen molar-refractivity contribution in [2.75, 3.05) is 5.32 Å². The molecule has 0 aliphatic rings. The summed E-state index contributed by atoms with van der Waals surface area (Å²) in [6.45, 7) is 2.26. The maximum Gasteiger partial charge on any atom is 0.150 e. The van der Waals surface area contributed by atoms with Crippen LogP contribution in [0.15, 0.2) is 36.4 Å². The molecule has 0 aliphatic heterocycles. The summed E-state index contributed by atoms with van der Waals surface area (Å²) in [5.74, 6) is -1.52. The molecule has 0 bridgehead atoms. The average Bonchev–Trinajstić information content (AvgIpc) is 2.39. The molecule has 2 nitrogen and oxygen atoms in total. The van der Waals surface area contributed by atoms with Gasteiger partial charge in [-0.15, -0.1) is 0 Å². The number of nitrogens with zero attached hydrogens (tertiary/aromatic N) is 1. The topological polar surface area (TPSA) is 35.8 Å². The lowest BCUT2D eigenvalue weighted by molar-refractivity contribution is 0.587. The van der Waals surface area contributed by atoms with Crippen LogP contribution in [0.5, 0.6) is 0 Å². The molecule has 0 fully saturated rings. The monoisotopic (exact) mass is 258 g/mol. The molecule has 0 saturated heterocycles. The largest absolute Gasteiger partial charge is 0.376 e. The van der Waals surface area contributed by atoms with E-state index < -0.39 is 11.6 Å². The Morgan fingerprint density at radius 2 is 1.79 bits per heavy atom. The van der Waals surface area contributed by atoms with Crippen LogP contribution < -0.4 is 5.32 Å². The highest BCUT2D eigenvalue weighted by Crippen LogP contribution is 2.21. The number of halogens is 2. The number of hydrogen-bond acceptors (Lipinski definition) is 2. The van der Waals surface area contributed by atoms with E-state index in [0.717, 1.165) is 23.3 Å². The molecule has 19 heavy (non-hydrogen) atoms. The Bertz CT molecular complexity index is 622. The highest BCUT2D eigenvalue weighted by atomic mass is 19.1. The lowest BCUT2D eigenvalue weighted by Crippen LogP contribution is -2.05. The van der Waals surface area contributed by atoms with E-state index in [1.807, 2.05) is 31.2 Å². The molecular weight excluding hydrogens is 246 g/mol. The van der Waals surface area contributed by atoms with Gasteiger partial charge >= 0.3 is 0 Å². The van der Waals surface area contributed by atoms with Crippen LogP contribution in [-0.4, -0.2) is 0 Å². The minimum atomic E-state index is -0.759. The first kappa shape index (κ1) is 13.0. The molecule has 4 heteroatoms. The van der Waals surface area contributed by atoms with Crippen LogP contribution in [0.1, 0.15) is 16.7 Å². The molecule has 2 aromatic carbocycles. The van der Waals surface area contributed by atoms with Gasteiger partial charge in [-0.3, -0.25) is 0 Å². The van der Waals surface area contributed by atoms with Gasteiger partial charge < -0.3 is 5.32 Å². The predicted octanol–water partition coefficient (Wildman–Crippen LogP) is 3.76. The van der Waals surface area contributed by atoms with Gasteiger partial charge in [0, 0.05) is 6.54 Å². The second kappa shape index (κ2) is 5.49. The van der Waals surface area contributed by atoms with Gasteiger partial charge in [0.2, 0.25) is 0 Å². The molecule has 1 N–H and O–H groups in total. The first-order chi connectivity index (χ1) is 9.11. The molecule has 0 radical (unpaired) electrons. The van der Waals surface area contributed by atoms with Gasteiger partial charge in [-0.2, -0.15) is 5.26 Å². The molecule has 0 unspecified atom stereocenters. The SMILES string of the molecule is Cc1ccccc1CNc1c(F)cc(C#N)cc1F. The Labute approximate surface area is 110 Å². The van der Waals surface area contributed by atoms with Crippen LogP contribution in [0.4, 0.5) is 14.5 Å². The molecule has 0 amide bonds. The first-order valence-corrected chi connectivity index (χ1v) is 5.79. The number of nitriles is 1. The summed E-state index contributed by atoms with van der Waals surface area (Å²) >= 11 is 0. The van der Waals surface area contributed by atoms with Gasteiger partial charge in [0.25, 0.3) is 0 Å². The predicted molar refractivity (Wildman–Crippen MR) is 69.6 cm³/mol. The zero-order chi connectivity index (χ0) is 13.8. The number of rotatable bonds is 3. The van der Waals surface area contributed by atoms with E-state index in [1.54, 1.807) is 6.07 Å². The second-order valence-corrected chi connectivity index (χ2v) is 4.21. The zero-order valence-electron chi connectivity index (χ0n) is 10.4.